The lowest BCUT2D eigenvalue weighted by atomic mass is 9.85. The molecule has 7 heteroatoms. The van der Waals surface area contributed by atoms with Crippen molar-refractivity contribution in [1.29, 1.82) is 0 Å². The number of anilines is 1. The average molecular weight is 280 g/mol. The predicted octanol–water partition coefficient (Wildman–Crippen LogP) is 1.80. The molecule has 1 fully saturated rings. The Labute approximate surface area is 115 Å². The van der Waals surface area contributed by atoms with Crippen molar-refractivity contribution >= 4 is 17.3 Å². The third-order valence-electron chi connectivity index (χ3n) is 3.69. The fraction of sp³-hybridized carbons (Fsp3) is 0.462. The summed E-state index contributed by atoms with van der Waals surface area (Å²) in [4.78, 5) is 21.8. The van der Waals surface area contributed by atoms with Crippen molar-refractivity contribution in [3.05, 3.63) is 33.9 Å². The van der Waals surface area contributed by atoms with Gasteiger partial charge in [0, 0.05) is 17.3 Å². The Hall–Kier alpha value is -2.15. The van der Waals surface area contributed by atoms with Gasteiger partial charge in [-0.2, -0.15) is 0 Å². The van der Waals surface area contributed by atoms with Crippen LogP contribution in [0.5, 0.6) is 0 Å². The summed E-state index contributed by atoms with van der Waals surface area (Å²) in [5.74, 6) is -0.950. The lowest BCUT2D eigenvalue weighted by molar-refractivity contribution is -0.385. The van der Waals surface area contributed by atoms with Crippen LogP contribution in [-0.4, -0.2) is 35.3 Å². The van der Waals surface area contributed by atoms with E-state index < -0.39 is 22.3 Å². The minimum atomic E-state index is -1.04. The van der Waals surface area contributed by atoms with Crippen LogP contribution in [0.2, 0.25) is 0 Å². The van der Waals surface area contributed by atoms with E-state index in [1.165, 1.54) is 6.07 Å². The van der Waals surface area contributed by atoms with Gasteiger partial charge in [-0.05, 0) is 19.9 Å². The monoisotopic (exact) mass is 280 g/mol. The van der Waals surface area contributed by atoms with Crippen molar-refractivity contribution in [2.75, 3.05) is 18.5 Å². The van der Waals surface area contributed by atoms with Crippen molar-refractivity contribution in [3.8, 4) is 0 Å². The summed E-state index contributed by atoms with van der Waals surface area (Å²) in [7, 11) is 0. The van der Waals surface area contributed by atoms with Gasteiger partial charge < -0.3 is 15.2 Å². The first-order valence-corrected chi connectivity index (χ1v) is 6.17. The maximum absolute atomic E-state index is 11.3. The van der Waals surface area contributed by atoms with E-state index in [0.717, 1.165) is 0 Å². The number of carboxylic acids is 1. The van der Waals surface area contributed by atoms with Crippen molar-refractivity contribution < 1.29 is 19.6 Å². The lowest BCUT2D eigenvalue weighted by Gasteiger charge is -2.26. The Kier molecular flexibility index (Phi) is 3.63. The SMILES string of the molecule is Cc1ccc(NC2COCC2(C)C(=O)O)cc1[N+](=O)[O-]. The molecule has 0 radical (unpaired) electrons. The van der Waals surface area contributed by atoms with Gasteiger partial charge in [-0.1, -0.05) is 6.07 Å². The lowest BCUT2D eigenvalue weighted by Crippen LogP contribution is -2.43. The molecule has 0 spiro atoms. The topological polar surface area (TPSA) is 102 Å². The second-order valence-electron chi connectivity index (χ2n) is 5.19. The van der Waals surface area contributed by atoms with E-state index in [1.54, 1.807) is 26.0 Å². The number of benzene rings is 1. The second kappa shape index (κ2) is 5.09. The second-order valence-corrected chi connectivity index (χ2v) is 5.19. The van der Waals surface area contributed by atoms with Gasteiger partial charge >= 0.3 is 5.97 Å². The third kappa shape index (κ3) is 2.44. The number of nitrogens with one attached hydrogen (secondary N) is 1. The van der Waals surface area contributed by atoms with Crippen LogP contribution in [0.15, 0.2) is 18.2 Å². The zero-order valence-electron chi connectivity index (χ0n) is 11.3. The molecule has 2 unspecified atom stereocenters. The van der Waals surface area contributed by atoms with Crippen LogP contribution >= 0.6 is 0 Å². The summed E-state index contributed by atoms with van der Waals surface area (Å²) >= 11 is 0. The number of aryl methyl sites for hydroxylation is 1. The molecular weight excluding hydrogens is 264 g/mol. The highest BCUT2D eigenvalue weighted by atomic mass is 16.6. The molecule has 0 bridgehead atoms. The van der Waals surface area contributed by atoms with Crippen LogP contribution in [-0.2, 0) is 9.53 Å². The number of hydrogen-bond donors (Lipinski definition) is 2. The summed E-state index contributed by atoms with van der Waals surface area (Å²) in [6.45, 7) is 3.63. The molecule has 7 nitrogen and oxygen atoms in total. The number of nitro benzene ring substituents is 1. The molecule has 2 atom stereocenters. The molecule has 0 aliphatic carbocycles. The van der Waals surface area contributed by atoms with Crippen molar-refractivity contribution in [2.45, 2.75) is 19.9 Å². The van der Waals surface area contributed by atoms with E-state index in [-0.39, 0.29) is 18.9 Å². The minimum absolute atomic E-state index is 0.00550. The Morgan fingerprint density at radius 1 is 1.60 bits per heavy atom. The standard InChI is InChI=1S/C13H16N2O5/c1-8-3-4-9(5-10(8)15(18)19)14-11-6-20-7-13(11,2)12(16)17/h3-5,11,14H,6-7H2,1-2H3,(H,16,17). The van der Waals surface area contributed by atoms with Crippen molar-refractivity contribution in [3.63, 3.8) is 0 Å². The summed E-state index contributed by atoms with van der Waals surface area (Å²) in [6.07, 6.45) is 0. The zero-order valence-corrected chi connectivity index (χ0v) is 11.3. The Morgan fingerprint density at radius 3 is 2.90 bits per heavy atom. The van der Waals surface area contributed by atoms with Gasteiger partial charge in [0.25, 0.3) is 5.69 Å². The molecule has 1 aromatic rings. The van der Waals surface area contributed by atoms with E-state index in [0.29, 0.717) is 11.3 Å². The quantitative estimate of drug-likeness (QED) is 0.644. The molecule has 2 N–H and O–H groups in total. The maximum Gasteiger partial charge on any atom is 0.313 e. The van der Waals surface area contributed by atoms with E-state index >= 15 is 0 Å². The molecular formula is C13H16N2O5. The summed E-state index contributed by atoms with van der Waals surface area (Å²) in [6, 6.07) is 4.31. The first kappa shape index (κ1) is 14.3. The Balaban J connectivity index is 2.24. The van der Waals surface area contributed by atoms with Crippen LogP contribution in [0.25, 0.3) is 0 Å². The van der Waals surface area contributed by atoms with Gasteiger partial charge in [0.05, 0.1) is 24.2 Å². The normalized spacial score (nSPS) is 25.4. The fourth-order valence-electron chi connectivity index (χ4n) is 2.18. The number of hydrogen-bond acceptors (Lipinski definition) is 5. The summed E-state index contributed by atoms with van der Waals surface area (Å²) in [5.41, 5.74) is 0.0417. The first-order chi connectivity index (χ1) is 9.34. The van der Waals surface area contributed by atoms with Crippen LogP contribution in [0.1, 0.15) is 12.5 Å². The largest absolute Gasteiger partial charge is 0.481 e. The summed E-state index contributed by atoms with van der Waals surface area (Å²) < 4.78 is 5.23. The highest BCUT2D eigenvalue weighted by Crippen LogP contribution is 2.32. The molecule has 1 aliphatic heterocycles. The molecule has 108 valence electrons. The molecule has 0 saturated carbocycles. The van der Waals surface area contributed by atoms with E-state index in [4.69, 9.17) is 4.74 Å². The molecule has 2 rings (SSSR count). The van der Waals surface area contributed by atoms with E-state index in [2.05, 4.69) is 5.32 Å². The highest BCUT2D eigenvalue weighted by Gasteiger charge is 2.46. The number of aliphatic carboxylic acids is 1. The van der Waals surface area contributed by atoms with Crippen LogP contribution < -0.4 is 5.32 Å². The number of ether oxygens (including phenoxy) is 1. The Bertz CT molecular complexity index is 560. The molecule has 0 amide bonds. The van der Waals surface area contributed by atoms with Gasteiger partial charge in [0.2, 0.25) is 0 Å². The number of carboxylic acid groups (broad SMARTS) is 1. The average Bonchev–Trinajstić information content (AvgIpc) is 2.74. The number of carbonyl (C=O) groups is 1. The van der Waals surface area contributed by atoms with Gasteiger partial charge in [0.15, 0.2) is 0 Å². The van der Waals surface area contributed by atoms with Crippen LogP contribution in [0.4, 0.5) is 11.4 Å². The van der Waals surface area contributed by atoms with Gasteiger partial charge in [-0.3, -0.25) is 14.9 Å². The van der Waals surface area contributed by atoms with Crippen molar-refractivity contribution in [1.82, 2.24) is 0 Å². The van der Waals surface area contributed by atoms with Gasteiger partial charge in [-0.25, -0.2) is 0 Å². The third-order valence-corrected chi connectivity index (χ3v) is 3.69. The number of rotatable bonds is 4. The van der Waals surface area contributed by atoms with Gasteiger partial charge in [-0.15, -0.1) is 0 Å². The zero-order chi connectivity index (χ0) is 14.9. The first-order valence-electron chi connectivity index (χ1n) is 6.17. The molecule has 1 saturated heterocycles. The molecule has 1 aromatic carbocycles. The van der Waals surface area contributed by atoms with E-state index in [9.17, 15) is 20.0 Å². The van der Waals surface area contributed by atoms with Crippen LogP contribution in [0.3, 0.4) is 0 Å². The predicted molar refractivity (Wildman–Crippen MR) is 71.8 cm³/mol. The highest BCUT2D eigenvalue weighted by molar-refractivity contribution is 5.76. The van der Waals surface area contributed by atoms with Crippen LogP contribution in [0, 0.1) is 22.5 Å². The molecule has 1 aliphatic rings. The molecule has 0 aromatic heterocycles. The minimum Gasteiger partial charge on any atom is -0.481 e. The summed E-state index contributed by atoms with van der Waals surface area (Å²) in [5, 5.41) is 23.2. The van der Waals surface area contributed by atoms with Crippen molar-refractivity contribution in [2.24, 2.45) is 5.41 Å². The Morgan fingerprint density at radius 2 is 2.30 bits per heavy atom. The molecule has 20 heavy (non-hydrogen) atoms. The number of nitro groups is 1. The molecule has 1 heterocycles. The van der Waals surface area contributed by atoms with Gasteiger partial charge in [0.1, 0.15) is 5.41 Å². The fourth-order valence-corrected chi connectivity index (χ4v) is 2.18. The van der Waals surface area contributed by atoms with E-state index in [1.807, 2.05) is 0 Å². The number of nitrogens with zero attached hydrogens (tertiary/aromatic N) is 1. The maximum atomic E-state index is 11.3. The smallest absolute Gasteiger partial charge is 0.313 e.